The molecular weight excluding hydrogens is 122 g/mol. The Kier molecular flexibility index (Phi) is 4.91. The SMILES string of the molecule is CCC[C@H](C)C=C(C)C=N. The standard InChI is InChI=1S/C9H17N/c1-4-5-8(2)6-9(3)7-10/h6-8,10H,4-5H2,1-3H3/t8-/m0/s1. The van der Waals surface area contributed by atoms with Gasteiger partial charge in [-0.1, -0.05) is 26.3 Å². The maximum absolute atomic E-state index is 6.94. The lowest BCUT2D eigenvalue weighted by Crippen LogP contribution is -1.90. The molecule has 0 spiro atoms. The number of hydrogen-bond donors (Lipinski definition) is 1. The summed E-state index contributed by atoms with van der Waals surface area (Å²) >= 11 is 0. The van der Waals surface area contributed by atoms with E-state index >= 15 is 0 Å². The van der Waals surface area contributed by atoms with Crippen molar-refractivity contribution in [3.8, 4) is 0 Å². The first-order chi connectivity index (χ1) is 4.70. The highest BCUT2D eigenvalue weighted by Gasteiger charge is 1.94. The fourth-order valence-electron chi connectivity index (χ4n) is 1.04. The molecule has 0 radical (unpaired) electrons. The molecule has 0 aliphatic heterocycles. The van der Waals surface area contributed by atoms with Crippen molar-refractivity contribution in [3.05, 3.63) is 11.6 Å². The van der Waals surface area contributed by atoms with Crippen molar-refractivity contribution in [2.45, 2.75) is 33.6 Å². The van der Waals surface area contributed by atoms with Crippen molar-refractivity contribution in [2.24, 2.45) is 5.92 Å². The summed E-state index contributed by atoms with van der Waals surface area (Å²) in [5, 5.41) is 6.94. The lowest BCUT2D eigenvalue weighted by Gasteiger charge is -2.02. The molecule has 0 heterocycles. The number of nitrogens with one attached hydrogen (secondary N) is 1. The summed E-state index contributed by atoms with van der Waals surface area (Å²) in [6.45, 7) is 6.35. The molecule has 1 N–H and O–H groups in total. The number of allylic oxidation sites excluding steroid dienone is 2. The van der Waals surface area contributed by atoms with E-state index in [9.17, 15) is 0 Å². The molecule has 58 valence electrons. The summed E-state index contributed by atoms with van der Waals surface area (Å²) in [5.74, 6) is 0.631. The smallest absolute Gasteiger partial charge is 0.0203 e. The van der Waals surface area contributed by atoms with Crippen LogP contribution in [0.4, 0.5) is 0 Å². The van der Waals surface area contributed by atoms with Crippen LogP contribution in [0.25, 0.3) is 0 Å². The van der Waals surface area contributed by atoms with Gasteiger partial charge >= 0.3 is 0 Å². The van der Waals surface area contributed by atoms with Crippen molar-refractivity contribution < 1.29 is 0 Å². The van der Waals surface area contributed by atoms with Gasteiger partial charge in [0.05, 0.1) is 0 Å². The third-order valence-electron chi connectivity index (χ3n) is 1.52. The van der Waals surface area contributed by atoms with Crippen molar-refractivity contribution in [2.75, 3.05) is 0 Å². The van der Waals surface area contributed by atoms with Crippen molar-refractivity contribution >= 4 is 6.21 Å². The second kappa shape index (κ2) is 5.21. The van der Waals surface area contributed by atoms with Crippen LogP contribution < -0.4 is 0 Å². The van der Waals surface area contributed by atoms with Crippen LogP contribution in [0.3, 0.4) is 0 Å². The van der Waals surface area contributed by atoms with Gasteiger partial charge in [-0.05, 0) is 24.8 Å². The summed E-state index contributed by atoms with van der Waals surface area (Å²) in [6.07, 6.45) is 6.01. The molecule has 1 atom stereocenters. The first-order valence-corrected chi connectivity index (χ1v) is 3.89. The molecule has 0 aliphatic rings. The maximum Gasteiger partial charge on any atom is 0.0203 e. The third-order valence-corrected chi connectivity index (χ3v) is 1.52. The molecule has 0 aliphatic carbocycles. The average Bonchev–Trinajstić information content (AvgIpc) is 1.88. The van der Waals surface area contributed by atoms with Gasteiger partial charge in [0, 0.05) is 6.21 Å². The van der Waals surface area contributed by atoms with Crippen molar-refractivity contribution in [1.29, 1.82) is 5.41 Å². The summed E-state index contributed by atoms with van der Waals surface area (Å²) in [5.41, 5.74) is 1.07. The van der Waals surface area contributed by atoms with Gasteiger partial charge in [-0.2, -0.15) is 0 Å². The highest BCUT2D eigenvalue weighted by molar-refractivity contribution is 5.74. The first-order valence-electron chi connectivity index (χ1n) is 3.89. The molecule has 0 aromatic rings. The zero-order valence-electron chi connectivity index (χ0n) is 7.15. The van der Waals surface area contributed by atoms with Crippen LogP contribution in [0, 0.1) is 11.3 Å². The minimum Gasteiger partial charge on any atom is -0.308 e. The Balaban J connectivity index is 3.73. The average molecular weight is 139 g/mol. The first kappa shape index (κ1) is 9.41. The van der Waals surface area contributed by atoms with E-state index in [1.807, 2.05) is 6.92 Å². The van der Waals surface area contributed by atoms with Crippen molar-refractivity contribution in [3.63, 3.8) is 0 Å². The lowest BCUT2D eigenvalue weighted by atomic mass is 10.0. The van der Waals surface area contributed by atoms with Crippen molar-refractivity contribution in [1.82, 2.24) is 0 Å². The van der Waals surface area contributed by atoms with E-state index in [4.69, 9.17) is 5.41 Å². The topological polar surface area (TPSA) is 23.9 Å². The number of hydrogen-bond acceptors (Lipinski definition) is 1. The highest BCUT2D eigenvalue weighted by Crippen LogP contribution is 2.08. The van der Waals surface area contributed by atoms with Gasteiger partial charge in [-0.15, -0.1) is 0 Å². The Morgan fingerprint density at radius 1 is 1.60 bits per heavy atom. The van der Waals surface area contributed by atoms with Crippen LogP contribution in [0.15, 0.2) is 11.6 Å². The van der Waals surface area contributed by atoms with E-state index in [0.29, 0.717) is 5.92 Å². The van der Waals surface area contributed by atoms with Crippen LogP contribution >= 0.6 is 0 Å². The van der Waals surface area contributed by atoms with Gasteiger partial charge in [-0.25, -0.2) is 0 Å². The molecule has 0 aromatic carbocycles. The van der Waals surface area contributed by atoms with E-state index in [2.05, 4.69) is 19.9 Å². The molecule has 1 nitrogen and oxygen atoms in total. The van der Waals surface area contributed by atoms with E-state index in [1.165, 1.54) is 19.1 Å². The van der Waals surface area contributed by atoms with E-state index in [0.717, 1.165) is 5.57 Å². The summed E-state index contributed by atoms with van der Waals surface area (Å²) in [4.78, 5) is 0. The maximum atomic E-state index is 6.94. The minimum atomic E-state index is 0.631. The van der Waals surface area contributed by atoms with Gasteiger partial charge in [0.1, 0.15) is 0 Å². The van der Waals surface area contributed by atoms with Gasteiger partial charge in [0.2, 0.25) is 0 Å². The Morgan fingerprint density at radius 3 is 2.60 bits per heavy atom. The lowest BCUT2D eigenvalue weighted by molar-refractivity contribution is 0.632. The zero-order chi connectivity index (χ0) is 7.98. The summed E-state index contributed by atoms with van der Waals surface area (Å²) in [6, 6.07) is 0. The van der Waals surface area contributed by atoms with Crippen LogP contribution in [0.2, 0.25) is 0 Å². The second-order valence-electron chi connectivity index (χ2n) is 2.82. The molecule has 0 unspecified atom stereocenters. The summed E-state index contributed by atoms with van der Waals surface area (Å²) in [7, 11) is 0. The van der Waals surface area contributed by atoms with E-state index in [1.54, 1.807) is 0 Å². The van der Waals surface area contributed by atoms with Crippen LogP contribution in [0.1, 0.15) is 33.6 Å². The third kappa shape index (κ3) is 4.30. The highest BCUT2D eigenvalue weighted by atomic mass is 14.3. The molecule has 0 saturated heterocycles. The van der Waals surface area contributed by atoms with Gasteiger partial charge in [0.15, 0.2) is 0 Å². The quantitative estimate of drug-likeness (QED) is 0.579. The fourth-order valence-corrected chi connectivity index (χ4v) is 1.04. The van der Waals surface area contributed by atoms with E-state index in [-0.39, 0.29) is 0 Å². The molecule has 1 heteroatoms. The molecule has 10 heavy (non-hydrogen) atoms. The Bertz CT molecular complexity index is 125. The molecule has 0 fully saturated rings. The van der Waals surface area contributed by atoms with Crippen LogP contribution in [-0.4, -0.2) is 6.21 Å². The summed E-state index contributed by atoms with van der Waals surface area (Å²) < 4.78 is 0. The Hall–Kier alpha value is -0.590. The van der Waals surface area contributed by atoms with Crippen LogP contribution in [0.5, 0.6) is 0 Å². The Labute approximate surface area is 63.7 Å². The predicted molar refractivity (Wildman–Crippen MR) is 46.6 cm³/mol. The molecule has 0 rings (SSSR count). The molecule has 0 aromatic heterocycles. The monoisotopic (exact) mass is 139 g/mol. The normalized spacial score (nSPS) is 14.9. The van der Waals surface area contributed by atoms with Gasteiger partial charge in [-0.3, -0.25) is 0 Å². The molecule has 0 amide bonds. The zero-order valence-corrected chi connectivity index (χ0v) is 7.15. The predicted octanol–water partition coefficient (Wildman–Crippen LogP) is 3.02. The van der Waals surface area contributed by atoms with E-state index < -0.39 is 0 Å². The van der Waals surface area contributed by atoms with Crippen LogP contribution in [-0.2, 0) is 0 Å². The fraction of sp³-hybridized carbons (Fsp3) is 0.667. The molecular formula is C9H17N. The largest absolute Gasteiger partial charge is 0.308 e. The second-order valence-corrected chi connectivity index (χ2v) is 2.82. The van der Waals surface area contributed by atoms with Gasteiger partial charge in [0.25, 0.3) is 0 Å². The minimum absolute atomic E-state index is 0.631. The number of rotatable bonds is 4. The molecule has 0 saturated carbocycles. The molecule has 0 bridgehead atoms. The van der Waals surface area contributed by atoms with Gasteiger partial charge < -0.3 is 5.41 Å². The Morgan fingerprint density at radius 2 is 2.20 bits per heavy atom.